The third-order valence-corrected chi connectivity index (χ3v) is 10.5. The van der Waals surface area contributed by atoms with Crippen molar-refractivity contribution in [1.29, 1.82) is 0 Å². The predicted molar refractivity (Wildman–Crippen MR) is 65.7 cm³/mol. The minimum atomic E-state index is 0.573. The fraction of sp³-hybridized carbons (Fsp3) is 1.00. The molecular weight excluding hydrogens is 194 g/mol. The van der Waals surface area contributed by atoms with Crippen molar-refractivity contribution in [3.05, 3.63) is 0 Å². The number of fused-ring (bicyclic) bond motifs is 1. The second kappa shape index (κ2) is 5.09. The minimum Gasteiger partial charge on any atom is -0.0955 e. The molecule has 13 heavy (non-hydrogen) atoms. The predicted octanol–water partition coefficient (Wildman–Crippen LogP) is 4.58. The van der Waals surface area contributed by atoms with Gasteiger partial charge in [0.05, 0.1) is 0 Å². The van der Waals surface area contributed by atoms with Crippen LogP contribution in [-0.4, -0.2) is 17.5 Å². The topological polar surface area (TPSA) is 0 Å². The van der Waals surface area contributed by atoms with E-state index in [4.69, 9.17) is 0 Å². The van der Waals surface area contributed by atoms with Crippen molar-refractivity contribution in [3.63, 3.8) is 0 Å². The Hall–Kier alpha value is 0.860. The summed E-state index contributed by atoms with van der Waals surface area (Å²) in [7, 11) is 1.95. The van der Waals surface area contributed by atoms with Crippen LogP contribution in [0.15, 0.2) is 0 Å². The molecule has 1 saturated heterocycles. The third kappa shape index (κ3) is 2.66. The maximum Gasteiger partial charge on any atom is -0.00992 e. The van der Waals surface area contributed by atoms with E-state index in [9.17, 15) is 0 Å². The Bertz CT molecular complexity index is 144. The van der Waals surface area contributed by atoms with Gasteiger partial charge in [0.1, 0.15) is 0 Å². The van der Waals surface area contributed by atoms with Crippen molar-refractivity contribution in [2.45, 2.75) is 63.2 Å². The van der Waals surface area contributed by atoms with Gasteiger partial charge in [-0.2, -0.15) is 0 Å². The molecule has 1 aliphatic carbocycles. The first kappa shape index (κ1) is 10.4. The van der Waals surface area contributed by atoms with Crippen LogP contribution in [-0.2, 0) is 0 Å². The van der Waals surface area contributed by atoms with E-state index >= 15 is 0 Å². The molecule has 2 heteroatoms. The fourth-order valence-corrected chi connectivity index (χ4v) is 10.4. The summed E-state index contributed by atoms with van der Waals surface area (Å²) in [6, 6.07) is 0. The molecule has 0 aromatic carbocycles. The van der Waals surface area contributed by atoms with Crippen LogP contribution in [0.4, 0.5) is 0 Å². The molecule has 76 valence electrons. The molecule has 1 heterocycles. The molecule has 2 fully saturated rings. The van der Waals surface area contributed by atoms with Crippen LogP contribution in [0.2, 0.25) is 0 Å². The standard InChI is InChI=1S/C11H22P2/c1-2-9-12-13-10-7-5-3-4-6-8-11(10)13/h10-12H,2-9H2,1H3. The number of rotatable bonds is 3. The van der Waals surface area contributed by atoms with Crippen LogP contribution >= 0.6 is 15.9 Å². The minimum absolute atomic E-state index is 0.573. The van der Waals surface area contributed by atoms with Crippen LogP contribution in [0.3, 0.4) is 0 Å². The van der Waals surface area contributed by atoms with E-state index in [1.54, 1.807) is 31.8 Å². The summed E-state index contributed by atoms with van der Waals surface area (Å²) in [6.45, 7) is 2.34. The van der Waals surface area contributed by atoms with Gasteiger partial charge in [-0.15, -0.1) is 0 Å². The second-order valence-corrected chi connectivity index (χ2v) is 9.90. The summed E-state index contributed by atoms with van der Waals surface area (Å²) in [6.07, 6.45) is 12.3. The highest BCUT2D eigenvalue weighted by Gasteiger charge is 2.47. The summed E-state index contributed by atoms with van der Waals surface area (Å²) in [4.78, 5) is 0. The van der Waals surface area contributed by atoms with Crippen molar-refractivity contribution in [3.8, 4) is 0 Å². The summed E-state index contributed by atoms with van der Waals surface area (Å²) in [5.74, 6) is 0. The highest BCUT2D eigenvalue weighted by molar-refractivity contribution is 8.25. The van der Waals surface area contributed by atoms with Gasteiger partial charge in [0, 0.05) is 0 Å². The van der Waals surface area contributed by atoms with Crippen LogP contribution < -0.4 is 0 Å². The SMILES string of the molecule is CCCPP1C2CCCCCCC21. The molecule has 0 spiro atoms. The molecule has 0 radical (unpaired) electrons. The van der Waals surface area contributed by atoms with E-state index in [1.165, 1.54) is 38.8 Å². The maximum absolute atomic E-state index is 2.34. The molecule has 0 aromatic heterocycles. The molecule has 0 amide bonds. The van der Waals surface area contributed by atoms with Gasteiger partial charge >= 0.3 is 0 Å². The van der Waals surface area contributed by atoms with E-state index in [-0.39, 0.29) is 0 Å². The van der Waals surface area contributed by atoms with Crippen LogP contribution in [0.5, 0.6) is 0 Å². The van der Waals surface area contributed by atoms with Gasteiger partial charge in [-0.25, -0.2) is 0 Å². The Labute approximate surface area is 85.7 Å². The Morgan fingerprint density at radius 3 is 2.23 bits per heavy atom. The van der Waals surface area contributed by atoms with Crippen LogP contribution in [0.1, 0.15) is 51.9 Å². The smallest absolute Gasteiger partial charge is 0.00992 e. The van der Waals surface area contributed by atoms with Crippen molar-refractivity contribution in [2.75, 3.05) is 6.16 Å². The van der Waals surface area contributed by atoms with Gasteiger partial charge in [0.25, 0.3) is 0 Å². The molecule has 0 aromatic rings. The molecule has 2 rings (SSSR count). The van der Waals surface area contributed by atoms with E-state index < -0.39 is 0 Å². The van der Waals surface area contributed by atoms with Crippen molar-refractivity contribution in [1.82, 2.24) is 0 Å². The quantitative estimate of drug-likeness (QED) is 0.606. The Balaban J connectivity index is 1.74. The molecule has 0 N–H and O–H groups in total. The average molecular weight is 216 g/mol. The van der Waals surface area contributed by atoms with Crippen LogP contribution in [0.25, 0.3) is 0 Å². The number of hydrogen-bond acceptors (Lipinski definition) is 0. The summed E-state index contributed by atoms with van der Waals surface area (Å²) < 4.78 is 0. The largest absolute Gasteiger partial charge is 0.0955 e. The average Bonchev–Trinajstić information content (AvgIpc) is 2.72. The lowest BCUT2D eigenvalue weighted by molar-refractivity contribution is 0.551. The Kier molecular flexibility index (Phi) is 4.06. The zero-order chi connectivity index (χ0) is 9.10. The monoisotopic (exact) mass is 216 g/mol. The lowest BCUT2D eigenvalue weighted by atomic mass is 10.0. The first-order chi connectivity index (χ1) is 6.43. The highest BCUT2D eigenvalue weighted by Crippen LogP contribution is 2.81. The van der Waals surface area contributed by atoms with Gasteiger partial charge < -0.3 is 0 Å². The van der Waals surface area contributed by atoms with Gasteiger partial charge in [-0.05, 0) is 30.3 Å². The molecule has 1 saturated carbocycles. The Morgan fingerprint density at radius 1 is 1.08 bits per heavy atom. The van der Waals surface area contributed by atoms with E-state index in [2.05, 4.69) is 6.92 Å². The summed E-state index contributed by atoms with van der Waals surface area (Å²) >= 11 is 0. The number of hydrogen-bond donors (Lipinski definition) is 0. The molecule has 1 aliphatic heterocycles. The molecular formula is C11H22P2. The summed E-state index contributed by atoms with van der Waals surface area (Å²) in [5.41, 5.74) is 2.50. The zero-order valence-electron chi connectivity index (χ0n) is 8.76. The van der Waals surface area contributed by atoms with Gasteiger partial charge in [0.2, 0.25) is 0 Å². The lowest BCUT2D eigenvalue weighted by Crippen LogP contribution is -1.97. The zero-order valence-corrected chi connectivity index (χ0v) is 10.7. The second-order valence-electron chi connectivity index (χ2n) is 4.44. The highest BCUT2D eigenvalue weighted by atomic mass is 32.1. The van der Waals surface area contributed by atoms with Crippen molar-refractivity contribution < 1.29 is 0 Å². The lowest BCUT2D eigenvalue weighted by Gasteiger charge is -2.04. The normalized spacial score (nSPS) is 39.9. The fourth-order valence-electron chi connectivity index (χ4n) is 2.53. The van der Waals surface area contributed by atoms with Crippen molar-refractivity contribution >= 4 is 15.9 Å². The van der Waals surface area contributed by atoms with Gasteiger partial charge in [-0.3, -0.25) is 0 Å². The van der Waals surface area contributed by atoms with E-state index in [0.29, 0.717) is 7.61 Å². The van der Waals surface area contributed by atoms with E-state index in [0.717, 1.165) is 0 Å². The van der Waals surface area contributed by atoms with Gasteiger partial charge in [-0.1, -0.05) is 54.9 Å². The molecule has 2 aliphatic rings. The maximum atomic E-state index is 2.34. The van der Waals surface area contributed by atoms with Crippen molar-refractivity contribution in [2.24, 2.45) is 0 Å². The molecule has 3 atom stereocenters. The van der Waals surface area contributed by atoms with Gasteiger partial charge in [0.15, 0.2) is 0 Å². The summed E-state index contributed by atoms with van der Waals surface area (Å²) in [5, 5.41) is 0. The molecule has 3 unspecified atom stereocenters. The first-order valence-corrected chi connectivity index (χ1v) is 9.48. The third-order valence-electron chi connectivity index (χ3n) is 3.36. The Morgan fingerprint density at radius 2 is 1.69 bits per heavy atom. The molecule has 0 bridgehead atoms. The first-order valence-electron chi connectivity index (χ1n) is 5.95. The molecule has 0 nitrogen and oxygen atoms in total. The van der Waals surface area contributed by atoms with E-state index in [1.807, 2.05) is 0 Å². The van der Waals surface area contributed by atoms with Crippen LogP contribution in [0, 0.1) is 0 Å².